The van der Waals surface area contributed by atoms with E-state index in [0.717, 1.165) is 47.7 Å². The molecule has 1 atom stereocenters. The second kappa shape index (κ2) is 7.29. The number of fused-ring (bicyclic) bond motifs is 2. The molecule has 1 aromatic heterocycles. The predicted molar refractivity (Wildman–Crippen MR) is 99.0 cm³/mol. The lowest BCUT2D eigenvalue weighted by Gasteiger charge is -2.25. The lowest BCUT2D eigenvalue weighted by molar-refractivity contribution is 0.183. The molecule has 1 aliphatic heterocycles. The van der Waals surface area contributed by atoms with E-state index in [0.29, 0.717) is 19.7 Å². The van der Waals surface area contributed by atoms with Crippen LogP contribution in [0.5, 0.6) is 0 Å². The summed E-state index contributed by atoms with van der Waals surface area (Å²) in [6, 6.07) is 5.76. The highest BCUT2D eigenvalue weighted by molar-refractivity contribution is 6.31. The molecular weight excluding hydrogens is 352 g/mol. The molecule has 0 saturated heterocycles. The number of nitrogens with one attached hydrogen (secondary N) is 1. The molecule has 2 amide bonds. The first-order valence-corrected chi connectivity index (χ1v) is 9.40. The van der Waals surface area contributed by atoms with Gasteiger partial charge < -0.3 is 15.0 Å². The number of rotatable bonds is 4. The number of urea groups is 1. The van der Waals surface area contributed by atoms with E-state index in [1.165, 1.54) is 5.56 Å². The molecule has 2 aliphatic rings. The highest BCUT2D eigenvalue weighted by Crippen LogP contribution is 2.31. The SMILES string of the molecule is COCCn1cc2c(n1)C(NC(=O)N1Cc3cccc(Cl)c3C1)CCC2. The maximum absolute atomic E-state index is 12.8. The lowest BCUT2D eigenvalue weighted by atomic mass is 9.94. The van der Waals surface area contributed by atoms with Gasteiger partial charge in [0.2, 0.25) is 0 Å². The van der Waals surface area contributed by atoms with Gasteiger partial charge in [-0.15, -0.1) is 0 Å². The fraction of sp³-hybridized carbons (Fsp3) is 0.474. The summed E-state index contributed by atoms with van der Waals surface area (Å²) < 4.78 is 7.05. The number of carbonyl (C=O) groups is 1. The molecule has 0 bridgehead atoms. The summed E-state index contributed by atoms with van der Waals surface area (Å²) in [5.41, 5.74) is 4.40. The predicted octanol–water partition coefficient (Wildman–Crippen LogP) is 3.29. The van der Waals surface area contributed by atoms with Crippen LogP contribution in [-0.2, 0) is 30.8 Å². The average molecular weight is 375 g/mol. The first kappa shape index (κ1) is 17.4. The lowest BCUT2D eigenvalue weighted by Crippen LogP contribution is -2.39. The molecule has 0 saturated carbocycles. The molecule has 0 spiro atoms. The Kier molecular flexibility index (Phi) is 4.87. The van der Waals surface area contributed by atoms with E-state index in [9.17, 15) is 4.79 Å². The minimum atomic E-state index is -0.0541. The van der Waals surface area contributed by atoms with Crippen molar-refractivity contribution in [1.29, 1.82) is 0 Å². The number of aromatic nitrogens is 2. The number of hydrogen-bond donors (Lipinski definition) is 1. The maximum Gasteiger partial charge on any atom is 0.318 e. The molecule has 1 aliphatic carbocycles. The fourth-order valence-corrected chi connectivity index (χ4v) is 4.06. The summed E-state index contributed by atoms with van der Waals surface area (Å²) in [6.07, 6.45) is 5.07. The highest BCUT2D eigenvalue weighted by atomic mass is 35.5. The minimum absolute atomic E-state index is 0.0331. The molecule has 1 N–H and O–H groups in total. The van der Waals surface area contributed by atoms with Crippen LogP contribution in [0, 0.1) is 0 Å². The van der Waals surface area contributed by atoms with Crippen LogP contribution >= 0.6 is 11.6 Å². The molecule has 0 fully saturated rings. The number of carbonyl (C=O) groups excluding carboxylic acids is 1. The first-order valence-electron chi connectivity index (χ1n) is 9.02. The van der Waals surface area contributed by atoms with Crippen molar-refractivity contribution in [2.24, 2.45) is 0 Å². The minimum Gasteiger partial charge on any atom is -0.383 e. The van der Waals surface area contributed by atoms with E-state index in [1.807, 2.05) is 27.8 Å². The highest BCUT2D eigenvalue weighted by Gasteiger charge is 2.30. The van der Waals surface area contributed by atoms with Crippen LogP contribution in [-0.4, -0.2) is 34.4 Å². The van der Waals surface area contributed by atoms with Crippen LogP contribution in [0.2, 0.25) is 5.02 Å². The maximum atomic E-state index is 12.8. The van der Waals surface area contributed by atoms with Crippen molar-refractivity contribution in [2.75, 3.05) is 13.7 Å². The quantitative estimate of drug-likeness (QED) is 0.893. The Morgan fingerprint density at radius 3 is 3.08 bits per heavy atom. The van der Waals surface area contributed by atoms with E-state index in [4.69, 9.17) is 16.3 Å². The third-order valence-electron chi connectivity index (χ3n) is 5.17. The Morgan fingerprint density at radius 2 is 2.27 bits per heavy atom. The van der Waals surface area contributed by atoms with Crippen LogP contribution in [0.15, 0.2) is 24.4 Å². The normalized spacial score (nSPS) is 18.5. The van der Waals surface area contributed by atoms with Crippen LogP contribution in [0.3, 0.4) is 0 Å². The zero-order valence-corrected chi connectivity index (χ0v) is 15.6. The third kappa shape index (κ3) is 3.31. The summed E-state index contributed by atoms with van der Waals surface area (Å²) in [7, 11) is 1.69. The molecule has 2 heterocycles. The number of nitrogens with zero attached hydrogens (tertiary/aromatic N) is 3. The summed E-state index contributed by atoms with van der Waals surface area (Å²) >= 11 is 6.26. The number of ether oxygens (including phenoxy) is 1. The van der Waals surface area contributed by atoms with Gasteiger partial charge >= 0.3 is 6.03 Å². The molecule has 4 rings (SSSR count). The third-order valence-corrected chi connectivity index (χ3v) is 5.53. The molecule has 138 valence electrons. The second-order valence-electron chi connectivity index (χ2n) is 6.92. The summed E-state index contributed by atoms with van der Waals surface area (Å²) in [5.74, 6) is 0. The van der Waals surface area contributed by atoms with Crippen molar-refractivity contribution in [3.05, 3.63) is 51.8 Å². The van der Waals surface area contributed by atoms with Crippen molar-refractivity contribution in [3.63, 3.8) is 0 Å². The summed E-state index contributed by atoms with van der Waals surface area (Å²) in [4.78, 5) is 14.6. The van der Waals surface area contributed by atoms with E-state index in [1.54, 1.807) is 7.11 Å². The zero-order valence-electron chi connectivity index (χ0n) is 14.9. The van der Waals surface area contributed by atoms with Gasteiger partial charge in [0, 0.05) is 31.4 Å². The van der Waals surface area contributed by atoms with Gasteiger partial charge in [-0.2, -0.15) is 5.10 Å². The standard InChI is InChI=1S/C19H23ClN4O2/c1-26-9-8-24-11-14-5-3-7-17(18(14)22-24)21-19(25)23-10-13-4-2-6-16(20)15(13)12-23/h2,4,6,11,17H,3,5,7-10,12H2,1H3,(H,21,25). The Balaban J connectivity index is 1.45. The Labute approximate surface area is 158 Å². The van der Waals surface area contributed by atoms with E-state index in [-0.39, 0.29) is 12.1 Å². The fourth-order valence-electron chi connectivity index (χ4n) is 3.80. The summed E-state index contributed by atoms with van der Waals surface area (Å²) in [5, 5.41) is 8.59. The second-order valence-corrected chi connectivity index (χ2v) is 7.33. The Morgan fingerprint density at radius 1 is 1.38 bits per heavy atom. The van der Waals surface area contributed by atoms with E-state index < -0.39 is 0 Å². The average Bonchev–Trinajstić information content (AvgIpc) is 3.25. The van der Waals surface area contributed by atoms with Gasteiger partial charge in [-0.3, -0.25) is 4.68 Å². The van der Waals surface area contributed by atoms with E-state index in [2.05, 4.69) is 16.6 Å². The number of benzene rings is 1. The Bertz CT molecular complexity index is 820. The van der Waals surface area contributed by atoms with Crippen molar-refractivity contribution in [3.8, 4) is 0 Å². The molecule has 1 unspecified atom stereocenters. The van der Waals surface area contributed by atoms with Gasteiger partial charge in [0.25, 0.3) is 0 Å². The van der Waals surface area contributed by atoms with Crippen LogP contribution < -0.4 is 5.32 Å². The number of hydrogen-bond acceptors (Lipinski definition) is 3. The van der Waals surface area contributed by atoms with Gasteiger partial charge in [-0.25, -0.2) is 4.79 Å². The molecule has 26 heavy (non-hydrogen) atoms. The van der Waals surface area contributed by atoms with E-state index >= 15 is 0 Å². The first-order chi connectivity index (χ1) is 12.7. The van der Waals surface area contributed by atoms with Crippen molar-refractivity contribution in [2.45, 2.75) is 44.9 Å². The summed E-state index contributed by atoms with van der Waals surface area (Å²) in [6.45, 7) is 2.51. The van der Waals surface area contributed by atoms with Crippen molar-refractivity contribution in [1.82, 2.24) is 20.0 Å². The molecule has 1 aromatic carbocycles. The van der Waals surface area contributed by atoms with Gasteiger partial charge in [-0.1, -0.05) is 23.7 Å². The largest absolute Gasteiger partial charge is 0.383 e. The van der Waals surface area contributed by atoms with Crippen molar-refractivity contribution < 1.29 is 9.53 Å². The Hall–Kier alpha value is -2.05. The molecule has 6 nitrogen and oxygen atoms in total. The monoisotopic (exact) mass is 374 g/mol. The number of amides is 2. The van der Waals surface area contributed by atoms with Crippen LogP contribution in [0.25, 0.3) is 0 Å². The zero-order chi connectivity index (χ0) is 18.1. The van der Waals surface area contributed by atoms with Gasteiger partial charge in [0.1, 0.15) is 0 Å². The molecular formula is C19H23ClN4O2. The topological polar surface area (TPSA) is 59.4 Å². The number of methoxy groups -OCH3 is 1. The number of halogens is 1. The van der Waals surface area contributed by atoms with Gasteiger partial charge in [0.15, 0.2) is 0 Å². The van der Waals surface area contributed by atoms with Crippen LogP contribution in [0.1, 0.15) is 41.3 Å². The molecule has 7 heteroatoms. The number of aryl methyl sites for hydroxylation is 1. The molecule has 2 aromatic rings. The van der Waals surface area contributed by atoms with Gasteiger partial charge in [0.05, 0.1) is 24.9 Å². The molecule has 0 radical (unpaired) electrons. The van der Waals surface area contributed by atoms with Crippen LogP contribution in [0.4, 0.5) is 4.79 Å². The van der Waals surface area contributed by atoms with Gasteiger partial charge in [-0.05, 0) is 42.0 Å². The van der Waals surface area contributed by atoms with Crippen molar-refractivity contribution >= 4 is 17.6 Å². The smallest absolute Gasteiger partial charge is 0.318 e.